The summed E-state index contributed by atoms with van der Waals surface area (Å²) in [6, 6.07) is 5.07. The van der Waals surface area contributed by atoms with Gasteiger partial charge in [-0.2, -0.15) is 5.10 Å². The van der Waals surface area contributed by atoms with E-state index in [0.29, 0.717) is 12.1 Å². The van der Waals surface area contributed by atoms with Gasteiger partial charge in [-0.25, -0.2) is 4.79 Å². The summed E-state index contributed by atoms with van der Waals surface area (Å²) in [5, 5.41) is 13.2. The number of aromatic carboxylic acids is 1. The van der Waals surface area contributed by atoms with E-state index in [9.17, 15) is 4.79 Å². The minimum atomic E-state index is -1.01. The molecule has 0 aliphatic rings. The van der Waals surface area contributed by atoms with Crippen LogP contribution in [0, 0.1) is 6.92 Å². The average Bonchev–Trinajstić information content (AvgIpc) is 2.63. The molecular weight excluding hydrogens is 218 g/mol. The van der Waals surface area contributed by atoms with Crippen LogP contribution in [0.25, 0.3) is 0 Å². The van der Waals surface area contributed by atoms with Crippen LogP contribution in [0.1, 0.15) is 21.5 Å². The summed E-state index contributed by atoms with van der Waals surface area (Å²) in [4.78, 5) is 11.1. The van der Waals surface area contributed by atoms with Crippen molar-refractivity contribution in [3.05, 3.63) is 47.3 Å². The molecule has 1 aromatic heterocycles. The highest BCUT2D eigenvalue weighted by Crippen LogP contribution is 2.18. The van der Waals surface area contributed by atoms with Gasteiger partial charge in [-0.05, 0) is 24.1 Å². The lowest BCUT2D eigenvalue weighted by molar-refractivity contribution is 0.0696. The lowest BCUT2D eigenvalue weighted by atomic mass is 10.1. The zero-order valence-electron chi connectivity index (χ0n) is 9.42. The second-order valence-corrected chi connectivity index (χ2v) is 3.90. The Bertz CT molecular complexity index is 561. The molecule has 5 heteroatoms. The normalized spacial score (nSPS) is 10.4. The maximum atomic E-state index is 11.1. The Kier molecular flexibility index (Phi) is 2.82. The first-order chi connectivity index (χ1) is 8.08. The maximum absolute atomic E-state index is 11.1. The van der Waals surface area contributed by atoms with Crippen LogP contribution in [-0.2, 0) is 6.54 Å². The Labute approximate surface area is 98.5 Å². The molecule has 1 heterocycles. The van der Waals surface area contributed by atoms with Crippen molar-refractivity contribution in [2.75, 3.05) is 5.73 Å². The van der Waals surface area contributed by atoms with Crippen LogP contribution in [0.2, 0.25) is 0 Å². The maximum Gasteiger partial charge on any atom is 0.338 e. The largest absolute Gasteiger partial charge is 0.478 e. The van der Waals surface area contributed by atoms with Crippen LogP contribution < -0.4 is 5.73 Å². The zero-order valence-corrected chi connectivity index (χ0v) is 9.42. The van der Waals surface area contributed by atoms with Gasteiger partial charge in [0.2, 0.25) is 0 Å². The highest BCUT2D eigenvalue weighted by atomic mass is 16.4. The van der Waals surface area contributed by atoms with Crippen LogP contribution in [0.5, 0.6) is 0 Å². The molecule has 0 spiro atoms. The molecule has 0 amide bonds. The van der Waals surface area contributed by atoms with E-state index in [1.807, 2.05) is 13.1 Å². The molecular formula is C12H13N3O2. The predicted octanol–water partition coefficient (Wildman–Crippen LogP) is 1.52. The summed E-state index contributed by atoms with van der Waals surface area (Å²) in [5.74, 6) is -1.01. The molecule has 0 bridgehead atoms. The van der Waals surface area contributed by atoms with Crippen molar-refractivity contribution in [3.8, 4) is 0 Å². The number of hydrogen-bond donors (Lipinski definition) is 2. The van der Waals surface area contributed by atoms with Gasteiger partial charge in [0, 0.05) is 11.9 Å². The van der Waals surface area contributed by atoms with Crippen LogP contribution >= 0.6 is 0 Å². The monoisotopic (exact) mass is 231 g/mol. The van der Waals surface area contributed by atoms with Crippen molar-refractivity contribution in [2.24, 2.45) is 0 Å². The minimum absolute atomic E-state index is 0.153. The fourth-order valence-electron chi connectivity index (χ4n) is 1.74. The summed E-state index contributed by atoms with van der Waals surface area (Å²) in [6.45, 7) is 2.33. The number of anilines is 1. The number of nitrogen functional groups attached to an aromatic ring is 1. The third kappa shape index (κ3) is 2.28. The highest BCUT2D eigenvalue weighted by Gasteiger charge is 2.13. The van der Waals surface area contributed by atoms with Gasteiger partial charge in [-0.3, -0.25) is 4.68 Å². The van der Waals surface area contributed by atoms with E-state index in [2.05, 4.69) is 5.10 Å². The Morgan fingerprint density at radius 3 is 2.88 bits per heavy atom. The van der Waals surface area contributed by atoms with Crippen LogP contribution in [0.15, 0.2) is 30.6 Å². The van der Waals surface area contributed by atoms with Gasteiger partial charge in [0.05, 0.1) is 18.3 Å². The molecule has 0 aliphatic carbocycles. The first-order valence-electron chi connectivity index (χ1n) is 5.17. The second kappa shape index (κ2) is 4.29. The lowest BCUT2D eigenvalue weighted by Gasteiger charge is -2.08. The van der Waals surface area contributed by atoms with Crippen molar-refractivity contribution in [2.45, 2.75) is 13.5 Å². The van der Waals surface area contributed by atoms with E-state index >= 15 is 0 Å². The number of hydrogen-bond acceptors (Lipinski definition) is 3. The summed E-state index contributed by atoms with van der Waals surface area (Å²) < 4.78 is 1.69. The Balaban J connectivity index is 2.39. The lowest BCUT2D eigenvalue weighted by Crippen LogP contribution is -2.10. The molecule has 0 aliphatic heterocycles. The van der Waals surface area contributed by atoms with E-state index in [4.69, 9.17) is 10.8 Å². The number of rotatable bonds is 3. The van der Waals surface area contributed by atoms with Crippen molar-refractivity contribution in [1.29, 1.82) is 0 Å². The number of carboxylic acids is 1. The molecule has 0 radical (unpaired) electrons. The molecule has 3 N–H and O–H groups in total. The molecule has 0 atom stereocenters. The molecule has 2 aromatic rings. The van der Waals surface area contributed by atoms with Crippen LogP contribution in [0.3, 0.4) is 0 Å². The van der Waals surface area contributed by atoms with Crippen molar-refractivity contribution >= 4 is 11.7 Å². The molecule has 0 saturated heterocycles. The predicted molar refractivity (Wildman–Crippen MR) is 63.9 cm³/mol. The topological polar surface area (TPSA) is 81.1 Å². The van der Waals surface area contributed by atoms with E-state index in [1.54, 1.807) is 29.1 Å². The van der Waals surface area contributed by atoms with Gasteiger partial charge < -0.3 is 10.8 Å². The second-order valence-electron chi connectivity index (χ2n) is 3.90. The fourth-order valence-corrected chi connectivity index (χ4v) is 1.74. The number of carbonyl (C=O) groups is 1. The van der Waals surface area contributed by atoms with Gasteiger partial charge in [-0.15, -0.1) is 0 Å². The Hall–Kier alpha value is -2.30. The Morgan fingerprint density at radius 2 is 2.29 bits per heavy atom. The van der Waals surface area contributed by atoms with Crippen molar-refractivity contribution in [3.63, 3.8) is 0 Å². The van der Waals surface area contributed by atoms with Crippen molar-refractivity contribution in [1.82, 2.24) is 9.78 Å². The number of aromatic nitrogens is 2. The Morgan fingerprint density at radius 1 is 1.53 bits per heavy atom. The van der Waals surface area contributed by atoms with Crippen LogP contribution in [0.4, 0.5) is 5.69 Å². The summed E-state index contributed by atoms with van der Waals surface area (Å²) in [5.41, 5.74) is 7.79. The summed E-state index contributed by atoms with van der Waals surface area (Å²) in [6.07, 6.45) is 3.58. The quantitative estimate of drug-likeness (QED) is 0.785. The average molecular weight is 231 g/mol. The first kappa shape index (κ1) is 11.2. The van der Waals surface area contributed by atoms with Gasteiger partial charge in [0.15, 0.2) is 0 Å². The van der Waals surface area contributed by atoms with Gasteiger partial charge in [0.25, 0.3) is 0 Å². The minimum Gasteiger partial charge on any atom is -0.478 e. The fraction of sp³-hybridized carbons (Fsp3) is 0.167. The smallest absolute Gasteiger partial charge is 0.338 e. The number of nitrogens with zero attached hydrogens (tertiary/aromatic N) is 2. The molecule has 0 fully saturated rings. The van der Waals surface area contributed by atoms with Gasteiger partial charge in [-0.1, -0.05) is 12.1 Å². The zero-order chi connectivity index (χ0) is 12.4. The highest BCUT2D eigenvalue weighted by molar-refractivity contribution is 5.95. The number of nitrogens with two attached hydrogens (primary N) is 1. The first-order valence-corrected chi connectivity index (χ1v) is 5.17. The molecule has 88 valence electrons. The van der Waals surface area contributed by atoms with E-state index in [-0.39, 0.29) is 11.3 Å². The van der Waals surface area contributed by atoms with Crippen molar-refractivity contribution < 1.29 is 9.90 Å². The van der Waals surface area contributed by atoms with E-state index < -0.39 is 5.97 Å². The molecule has 5 nitrogen and oxygen atoms in total. The molecule has 0 unspecified atom stereocenters. The molecule has 0 saturated carbocycles. The summed E-state index contributed by atoms with van der Waals surface area (Å²) >= 11 is 0. The number of benzene rings is 1. The molecule has 1 aromatic carbocycles. The van der Waals surface area contributed by atoms with E-state index in [0.717, 1.165) is 5.56 Å². The summed E-state index contributed by atoms with van der Waals surface area (Å²) in [7, 11) is 0. The number of carboxylic acid groups (broad SMARTS) is 1. The third-order valence-corrected chi connectivity index (χ3v) is 2.49. The SMILES string of the molecule is Cc1cnn(Cc2cccc(N)c2C(=O)O)c1. The van der Waals surface area contributed by atoms with Crippen LogP contribution in [-0.4, -0.2) is 20.9 Å². The third-order valence-electron chi connectivity index (χ3n) is 2.49. The van der Waals surface area contributed by atoms with Gasteiger partial charge in [0.1, 0.15) is 0 Å². The molecule has 17 heavy (non-hydrogen) atoms. The standard InChI is InChI=1S/C12H13N3O2/c1-8-5-14-15(6-8)7-9-3-2-4-10(13)11(9)12(16)17/h2-6H,7,13H2,1H3,(H,16,17). The number of aryl methyl sites for hydroxylation is 1. The molecule has 2 rings (SSSR count). The van der Waals surface area contributed by atoms with Gasteiger partial charge >= 0.3 is 5.97 Å². The van der Waals surface area contributed by atoms with E-state index in [1.165, 1.54) is 0 Å².